The molecule has 0 atom stereocenters. The van der Waals surface area contributed by atoms with Gasteiger partial charge in [-0.3, -0.25) is 14.5 Å². The van der Waals surface area contributed by atoms with E-state index in [-0.39, 0.29) is 35.6 Å². The molecule has 1 aliphatic carbocycles. The Morgan fingerprint density at radius 3 is 2.55 bits per heavy atom. The van der Waals surface area contributed by atoms with E-state index in [2.05, 4.69) is 0 Å². The molecule has 0 spiro atoms. The minimum absolute atomic E-state index is 0.0204. The van der Waals surface area contributed by atoms with Gasteiger partial charge in [-0.25, -0.2) is 4.79 Å². The second-order valence-electron chi connectivity index (χ2n) is 7.42. The molecule has 1 fully saturated rings. The van der Waals surface area contributed by atoms with E-state index in [0.717, 1.165) is 32.1 Å². The third-order valence-electron chi connectivity index (χ3n) is 5.52. The Bertz CT molecular complexity index is 1030. The number of nitriles is 1. The quantitative estimate of drug-likeness (QED) is 0.586. The number of nitrogens with zero attached hydrogens (tertiary/aromatic N) is 2. The monoisotopic (exact) mass is 388 g/mol. The molecule has 0 unspecified atom stereocenters. The number of amides is 2. The van der Waals surface area contributed by atoms with Gasteiger partial charge in [0, 0.05) is 6.04 Å². The molecule has 6 nitrogen and oxygen atoms in total. The lowest BCUT2D eigenvalue weighted by Crippen LogP contribution is -2.40. The summed E-state index contributed by atoms with van der Waals surface area (Å²) in [4.78, 5) is 39.4. The fourth-order valence-electron chi connectivity index (χ4n) is 4.02. The molecule has 1 saturated carbocycles. The van der Waals surface area contributed by atoms with Crippen molar-refractivity contribution in [2.75, 3.05) is 0 Å². The summed E-state index contributed by atoms with van der Waals surface area (Å²) < 4.78 is 5.32. The summed E-state index contributed by atoms with van der Waals surface area (Å²) in [5.74, 6) is -1.18. The second kappa shape index (κ2) is 7.88. The lowest BCUT2D eigenvalue weighted by molar-refractivity contribution is 0.0472. The van der Waals surface area contributed by atoms with E-state index < -0.39 is 5.97 Å². The number of benzene rings is 2. The van der Waals surface area contributed by atoms with E-state index >= 15 is 0 Å². The van der Waals surface area contributed by atoms with Crippen molar-refractivity contribution in [2.45, 2.75) is 44.8 Å². The van der Waals surface area contributed by atoms with E-state index in [4.69, 9.17) is 10.00 Å². The molecule has 29 heavy (non-hydrogen) atoms. The smallest absolute Gasteiger partial charge is 0.338 e. The van der Waals surface area contributed by atoms with Crippen LogP contribution >= 0.6 is 0 Å². The van der Waals surface area contributed by atoms with Gasteiger partial charge in [0.1, 0.15) is 6.61 Å². The van der Waals surface area contributed by atoms with Crippen molar-refractivity contribution in [3.63, 3.8) is 0 Å². The molecule has 4 rings (SSSR count). The third-order valence-corrected chi connectivity index (χ3v) is 5.52. The van der Waals surface area contributed by atoms with Crippen molar-refractivity contribution in [1.82, 2.24) is 4.90 Å². The first-order chi connectivity index (χ1) is 14.1. The van der Waals surface area contributed by atoms with Crippen LogP contribution in [0.25, 0.3) is 0 Å². The summed E-state index contributed by atoms with van der Waals surface area (Å²) in [5, 5.41) is 8.95. The molecule has 0 radical (unpaired) electrons. The second-order valence-corrected chi connectivity index (χ2v) is 7.42. The first-order valence-corrected chi connectivity index (χ1v) is 9.76. The van der Waals surface area contributed by atoms with Crippen LogP contribution in [-0.4, -0.2) is 28.7 Å². The van der Waals surface area contributed by atoms with Crippen molar-refractivity contribution in [2.24, 2.45) is 0 Å². The molecular formula is C23H20N2O4. The number of rotatable bonds is 4. The lowest BCUT2D eigenvalue weighted by Gasteiger charge is -2.29. The van der Waals surface area contributed by atoms with Crippen molar-refractivity contribution in [3.05, 3.63) is 70.3 Å². The van der Waals surface area contributed by atoms with E-state index in [1.807, 2.05) is 6.07 Å². The van der Waals surface area contributed by atoms with Gasteiger partial charge >= 0.3 is 5.97 Å². The zero-order valence-corrected chi connectivity index (χ0v) is 15.9. The largest absolute Gasteiger partial charge is 0.457 e. The van der Waals surface area contributed by atoms with Crippen LogP contribution in [-0.2, 0) is 11.3 Å². The predicted octanol–water partition coefficient (Wildman–Crippen LogP) is 3.84. The molecule has 0 bridgehead atoms. The average Bonchev–Trinajstić information content (AvgIpc) is 3.02. The van der Waals surface area contributed by atoms with E-state index in [1.165, 1.54) is 23.1 Å². The van der Waals surface area contributed by atoms with Crippen molar-refractivity contribution in [1.29, 1.82) is 5.26 Å². The van der Waals surface area contributed by atoms with Crippen LogP contribution in [0, 0.1) is 11.3 Å². The van der Waals surface area contributed by atoms with Crippen molar-refractivity contribution < 1.29 is 19.1 Å². The maximum Gasteiger partial charge on any atom is 0.338 e. The summed E-state index contributed by atoms with van der Waals surface area (Å²) in [6, 6.07) is 13.3. The van der Waals surface area contributed by atoms with Crippen LogP contribution in [0.3, 0.4) is 0 Å². The summed E-state index contributed by atoms with van der Waals surface area (Å²) in [6.07, 6.45) is 4.84. The van der Waals surface area contributed by atoms with Gasteiger partial charge in [0.05, 0.1) is 28.3 Å². The van der Waals surface area contributed by atoms with Crippen LogP contribution in [0.2, 0.25) is 0 Å². The molecule has 2 aromatic carbocycles. The first kappa shape index (κ1) is 18.9. The number of hydrogen-bond acceptors (Lipinski definition) is 5. The lowest BCUT2D eigenvalue weighted by atomic mass is 9.94. The summed E-state index contributed by atoms with van der Waals surface area (Å²) in [5.41, 5.74) is 2.03. The molecule has 0 N–H and O–H groups in total. The highest BCUT2D eigenvalue weighted by molar-refractivity contribution is 6.22. The molecule has 6 heteroatoms. The SMILES string of the molecule is N#Cc1cccc(COC(=O)c2ccc3c(c2)C(=O)N(C2CCCCC2)C3=O)c1. The normalized spacial score (nSPS) is 16.4. The van der Waals surface area contributed by atoms with Crippen molar-refractivity contribution in [3.8, 4) is 6.07 Å². The summed E-state index contributed by atoms with van der Waals surface area (Å²) in [6.45, 7) is 0.0204. The molecule has 1 heterocycles. The minimum atomic E-state index is -0.577. The number of ether oxygens (including phenoxy) is 1. The van der Waals surface area contributed by atoms with Gasteiger partial charge in [0.2, 0.25) is 0 Å². The maximum atomic E-state index is 12.9. The molecule has 2 aromatic rings. The number of carbonyl (C=O) groups is 3. The van der Waals surface area contributed by atoms with Gasteiger partial charge in [-0.05, 0) is 48.7 Å². The highest BCUT2D eigenvalue weighted by Gasteiger charge is 2.40. The van der Waals surface area contributed by atoms with Gasteiger partial charge in [0.25, 0.3) is 11.8 Å². The fourth-order valence-corrected chi connectivity index (χ4v) is 4.02. The first-order valence-electron chi connectivity index (χ1n) is 9.76. The molecule has 0 saturated heterocycles. The number of hydrogen-bond donors (Lipinski definition) is 0. The van der Waals surface area contributed by atoms with Gasteiger partial charge < -0.3 is 4.74 Å². The number of esters is 1. The van der Waals surface area contributed by atoms with Gasteiger partial charge in [0.15, 0.2) is 0 Å². The Hall–Kier alpha value is -3.46. The zero-order chi connectivity index (χ0) is 20.4. The highest BCUT2D eigenvalue weighted by atomic mass is 16.5. The predicted molar refractivity (Wildman–Crippen MR) is 104 cm³/mol. The van der Waals surface area contributed by atoms with Gasteiger partial charge in [-0.2, -0.15) is 5.26 Å². The Kier molecular flexibility index (Phi) is 5.13. The summed E-state index contributed by atoms with van der Waals surface area (Å²) >= 11 is 0. The van der Waals surface area contributed by atoms with E-state index in [1.54, 1.807) is 24.3 Å². The van der Waals surface area contributed by atoms with E-state index in [0.29, 0.717) is 16.7 Å². The minimum Gasteiger partial charge on any atom is -0.457 e. The van der Waals surface area contributed by atoms with Crippen LogP contribution in [0.1, 0.15) is 74.3 Å². The maximum absolute atomic E-state index is 12.9. The van der Waals surface area contributed by atoms with Crippen LogP contribution in [0.4, 0.5) is 0 Å². The highest BCUT2D eigenvalue weighted by Crippen LogP contribution is 2.31. The average molecular weight is 388 g/mol. The van der Waals surface area contributed by atoms with Crippen LogP contribution in [0.15, 0.2) is 42.5 Å². The molecule has 146 valence electrons. The fraction of sp³-hybridized carbons (Fsp3) is 0.304. The standard InChI is InChI=1S/C23H20N2O4/c24-13-15-5-4-6-16(11-15)14-29-23(28)17-9-10-19-20(12-17)22(27)25(21(19)26)18-7-2-1-3-8-18/h4-6,9-12,18H,1-3,7-8,14H2. The Labute approximate surface area is 168 Å². The topological polar surface area (TPSA) is 87.5 Å². The molecule has 2 aliphatic rings. The molecule has 1 aliphatic heterocycles. The third kappa shape index (κ3) is 3.64. The Morgan fingerprint density at radius 1 is 1.03 bits per heavy atom. The van der Waals surface area contributed by atoms with Gasteiger partial charge in [-0.1, -0.05) is 31.4 Å². The number of carbonyl (C=O) groups excluding carboxylic acids is 3. The Balaban J connectivity index is 1.49. The summed E-state index contributed by atoms with van der Waals surface area (Å²) in [7, 11) is 0. The van der Waals surface area contributed by atoms with Crippen molar-refractivity contribution >= 4 is 17.8 Å². The molecular weight excluding hydrogens is 368 g/mol. The number of fused-ring (bicyclic) bond motifs is 1. The Morgan fingerprint density at radius 2 is 1.79 bits per heavy atom. The zero-order valence-electron chi connectivity index (χ0n) is 15.9. The van der Waals surface area contributed by atoms with Crippen LogP contribution in [0.5, 0.6) is 0 Å². The van der Waals surface area contributed by atoms with Crippen LogP contribution < -0.4 is 0 Å². The number of imide groups is 1. The van der Waals surface area contributed by atoms with Gasteiger partial charge in [-0.15, -0.1) is 0 Å². The molecule has 2 amide bonds. The molecule has 0 aromatic heterocycles. The van der Waals surface area contributed by atoms with E-state index in [9.17, 15) is 14.4 Å².